The molecule has 0 spiro atoms. The second kappa shape index (κ2) is 7.65. The van der Waals surface area contributed by atoms with Crippen LogP contribution in [0, 0.1) is 17.3 Å². The molecular formula is C19H25Cl2N3O. The van der Waals surface area contributed by atoms with Crippen LogP contribution in [0.25, 0.3) is 0 Å². The SMILES string of the molecule is CC1(C)[C@H](C(=O)N2CCN(CCc3ccccn3)CC2)[C@@H]1C=C(Cl)Cl. The van der Waals surface area contributed by atoms with Gasteiger partial charge < -0.3 is 4.90 Å². The molecule has 0 aromatic carbocycles. The van der Waals surface area contributed by atoms with E-state index in [1.165, 1.54) is 0 Å². The molecule has 136 valence electrons. The average Bonchev–Trinajstić information content (AvgIpc) is 3.13. The van der Waals surface area contributed by atoms with Crippen molar-refractivity contribution in [2.75, 3.05) is 32.7 Å². The first-order valence-corrected chi connectivity index (χ1v) is 9.59. The van der Waals surface area contributed by atoms with Crippen molar-refractivity contribution in [1.82, 2.24) is 14.8 Å². The molecule has 4 nitrogen and oxygen atoms in total. The minimum atomic E-state index is -0.0533. The number of halogens is 2. The molecule has 1 aliphatic heterocycles. The van der Waals surface area contributed by atoms with E-state index in [1.54, 1.807) is 0 Å². The number of pyridine rings is 1. The van der Waals surface area contributed by atoms with Gasteiger partial charge in [0.25, 0.3) is 0 Å². The molecule has 1 aliphatic carbocycles. The predicted molar refractivity (Wildman–Crippen MR) is 102 cm³/mol. The molecule has 6 heteroatoms. The second-order valence-corrected chi connectivity index (χ2v) is 8.53. The predicted octanol–water partition coefficient (Wildman–Crippen LogP) is 3.36. The Balaban J connectivity index is 1.48. The molecule has 1 saturated heterocycles. The molecule has 2 atom stereocenters. The number of aromatic nitrogens is 1. The summed E-state index contributed by atoms with van der Waals surface area (Å²) in [6.07, 6.45) is 4.60. The van der Waals surface area contributed by atoms with Crippen LogP contribution in [-0.4, -0.2) is 53.4 Å². The Morgan fingerprint density at radius 3 is 2.60 bits per heavy atom. The van der Waals surface area contributed by atoms with Gasteiger partial charge in [0.2, 0.25) is 5.91 Å². The summed E-state index contributed by atoms with van der Waals surface area (Å²) in [7, 11) is 0. The van der Waals surface area contributed by atoms with Crippen LogP contribution in [0.1, 0.15) is 19.5 Å². The highest BCUT2D eigenvalue weighted by Gasteiger charge is 2.61. The van der Waals surface area contributed by atoms with Gasteiger partial charge in [0.05, 0.1) is 5.92 Å². The van der Waals surface area contributed by atoms with Crippen LogP contribution >= 0.6 is 23.2 Å². The van der Waals surface area contributed by atoms with Gasteiger partial charge >= 0.3 is 0 Å². The highest BCUT2D eigenvalue weighted by molar-refractivity contribution is 6.55. The average molecular weight is 382 g/mol. The van der Waals surface area contributed by atoms with E-state index in [0.29, 0.717) is 0 Å². The normalized spacial score (nSPS) is 25.5. The molecule has 0 radical (unpaired) electrons. The lowest BCUT2D eigenvalue weighted by molar-refractivity contribution is -0.135. The first-order chi connectivity index (χ1) is 11.9. The summed E-state index contributed by atoms with van der Waals surface area (Å²) in [5.74, 6) is 0.387. The van der Waals surface area contributed by atoms with Crippen molar-refractivity contribution in [3.8, 4) is 0 Å². The maximum absolute atomic E-state index is 12.8. The fraction of sp³-hybridized carbons (Fsp3) is 0.579. The lowest BCUT2D eigenvalue weighted by Crippen LogP contribution is -2.49. The molecule has 0 unspecified atom stereocenters. The van der Waals surface area contributed by atoms with Gasteiger partial charge in [-0.3, -0.25) is 14.7 Å². The van der Waals surface area contributed by atoms with Crippen LogP contribution in [-0.2, 0) is 11.2 Å². The minimum absolute atomic E-state index is 0.0000637. The van der Waals surface area contributed by atoms with Crippen molar-refractivity contribution >= 4 is 29.1 Å². The Morgan fingerprint density at radius 2 is 2.00 bits per heavy atom. The van der Waals surface area contributed by atoms with Gasteiger partial charge in [0, 0.05) is 51.0 Å². The summed E-state index contributed by atoms with van der Waals surface area (Å²) in [6, 6.07) is 6.02. The van der Waals surface area contributed by atoms with Crippen LogP contribution in [0.5, 0.6) is 0 Å². The van der Waals surface area contributed by atoms with Crippen LogP contribution in [0.3, 0.4) is 0 Å². The van der Waals surface area contributed by atoms with Gasteiger partial charge in [-0.15, -0.1) is 0 Å². The lowest BCUT2D eigenvalue weighted by Gasteiger charge is -2.35. The van der Waals surface area contributed by atoms with Gasteiger partial charge in [0.15, 0.2) is 0 Å². The summed E-state index contributed by atoms with van der Waals surface area (Å²) in [6.45, 7) is 8.62. The topological polar surface area (TPSA) is 36.4 Å². The van der Waals surface area contributed by atoms with E-state index in [-0.39, 0.29) is 27.6 Å². The van der Waals surface area contributed by atoms with E-state index in [9.17, 15) is 4.79 Å². The number of hydrogen-bond acceptors (Lipinski definition) is 3. The largest absolute Gasteiger partial charge is 0.340 e. The molecule has 25 heavy (non-hydrogen) atoms. The standard InChI is InChI=1S/C19H25Cl2N3O/c1-19(2)15(13-16(20)21)17(19)18(25)24-11-9-23(10-12-24)8-6-14-5-3-4-7-22-14/h3-5,7,13,15,17H,6,8-12H2,1-2H3/t15-,17-/m0/s1. The molecule has 3 rings (SSSR count). The van der Waals surface area contributed by atoms with Crippen molar-refractivity contribution in [2.24, 2.45) is 17.3 Å². The fourth-order valence-corrected chi connectivity index (χ4v) is 4.07. The number of nitrogens with zero attached hydrogens (tertiary/aromatic N) is 3. The van der Waals surface area contributed by atoms with Crippen LogP contribution < -0.4 is 0 Å². The quantitative estimate of drug-likeness (QED) is 0.784. The van der Waals surface area contributed by atoms with E-state index < -0.39 is 0 Å². The molecular weight excluding hydrogens is 357 g/mol. The highest BCUT2D eigenvalue weighted by atomic mass is 35.5. The number of carbonyl (C=O) groups excluding carboxylic acids is 1. The minimum Gasteiger partial charge on any atom is -0.340 e. The maximum atomic E-state index is 12.8. The Kier molecular flexibility index (Phi) is 5.71. The Labute approximate surface area is 159 Å². The highest BCUT2D eigenvalue weighted by Crippen LogP contribution is 2.60. The van der Waals surface area contributed by atoms with Crippen LogP contribution in [0.4, 0.5) is 0 Å². The molecule has 0 N–H and O–H groups in total. The summed E-state index contributed by atoms with van der Waals surface area (Å²) in [5, 5.41) is 0. The van der Waals surface area contributed by atoms with E-state index in [0.717, 1.165) is 44.8 Å². The third kappa shape index (κ3) is 4.36. The van der Waals surface area contributed by atoms with E-state index in [1.807, 2.05) is 29.3 Å². The fourth-order valence-electron chi connectivity index (χ4n) is 3.80. The molecule has 0 bridgehead atoms. The van der Waals surface area contributed by atoms with Gasteiger partial charge in [-0.2, -0.15) is 0 Å². The molecule has 1 aromatic heterocycles. The van der Waals surface area contributed by atoms with Gasteiger partial charge in [-0.1, -0.05) is 43.1 Å². The van der Waals surface area contributed by atoms with Gasteiger partial charge in [-0.25, -0.2) is 0 Å². The number of hydrogen-bond donors (Lipinski definition) is 0. The van der Waals surface area contributed by atoms with E-state index in [4.69, 9.17) is 23.2 Å². The Hall–Kier alpha value is -1.10. The summed E-state index contributed by atoms with van der Waals surface area (Å²) in [5.41, 5.74) is 1.07. The number of amides is 1. The second-order valence-electron chi connectivity index (χ2n) is 7.52. The van der Waals surface area contributed by atoms with Gasteiger partial charge in [0.1, 0.15) is 4.49 Å². The zero-order valence-electron chi connectivity index (χ0n) is 14.8. The zero-order chi connectivity index (χ0) is 18.0. The third-order valence-electron chi connectivity index (χ3n) is 5.58. The number of piperazine rings is 1. The third-order valence-corrected chi connectivity index (χ3v) is 5.83. The number of rotatable bonds is 5. The Bertz CT molecular complexity index is 635. The first kappa shape index (κ1) is 18.7. The molecule has 2 fully saturated rings. The number of allylic oxidation sites excluding steroid dienone is 1. The first-order valence-electron chi connectivity index (χ1n) is 8.83. The molecule has 2 aliphatic rings. The summed E-state index contributed by atoms with van der Waals surface area (Å²) >= 11 is 11.6. The van der Waals surface area contributed by atoms with Crippen LogP contribution in [0.2, 0.25) is 0 Å². The molecule has 1 amide bonds. The molecule has 2 heterocycles. The van der Waals surface area contributed by atoms with Crippen LogP contribution in [0.15, 0.2) is 35.0 Å². The number of carbonyl (C=O) groups is 1. The van der Waals surface area contributed by atoms with E-state index in [2.05, 4.69) is 29.8 Å². The van der Waals surface area contributed by atoms with Crippen molar-refractivity contribution < 1.29 is 4.79 Å². The monoisotopic (exact) mass is 381 g/mol. The molecule has 1 aromatic rings. The van der Waals surface area contributed by atoms with Crippen molar-refractivity contribution in [3.63, 3.8) is 0 Å². The summed E-state index contributed by atoms with van der Waals surface area (Å²) < 4.78 is 0.257. The van der Waals surface area contributed by atoms with Gasteiger partial charge in [-0.05, 0) is 29.5 Å². The van der Waals surface area contributed by atoms with E-state index >= 15 is 0 Å². The maximum Gasteiger partial charge on any atom is 0.226 e. The Morgan fingerprint density at radius 1 is 1.28 bits per heavy atom. The lowest BCUT2D eigenvalue weighted by atomic mass is 10.1. The smallest absolute Gasteiger partial charge is 0.226 e. The zero-order valence-corrected chi connectivity index (χ0v) is 16.3. The molecule has 1 saturated carbocycles. The summed E-state index contributed by atoms with van der Waals surface area (Å²) in [4.78, 5) is 21.6. The van der Waals surface area contributed by atoms with Crippen molar-refractivity contribution in [3.05, 3.63) is 40.7 Å². The van der Waals surface area contributed by atoms with Crippen molar-refractivity contribution in [1.29, 1.82) is 0 Å². The van der Waals surface area contributed by atoms with Crippen molar-refractivity contribution in [2.45, 2.75) is 20.3 Å².